The van der Waals surface area contributed by atoms with E-state index in [9.17, 15) is 19.8 Å². The average molecular weight is 279 g/mol. The van der Waals surface area contributed by atoms with Gasteiger partial charge in [-0.2, -0.15) is 0 Å². The van der Waals surface area contributed by atoms with E-state index in [0.29, 0.717) is 12.8 Å². The first-order chi connectivity index (χ1) is 9.44. The number of aliphatic carboxylic acids is 1. The first-order valence-electron chi connectivity index (χ1n) is 6.48. The number of nitrogens with one attached hydrogen (secondary N) is 1. The number of carbonyl (C=O) groups excluding carboxylic acids is 1. The number of hydrogen-bond acceptors (Lipinski definition) is 4. The van der Waals surface area contributed by atoms with Crippen LogP contribution in [0.25, 0.3) is 0 Å². The number of carboxylic acid groups (broad SMARTS) is 1. The summed E-state index contributed by atoms with van der Waals surface area (Å²) in [6.45, 7) is 0.0431. The van der Waals surface area contributed by atoms with Gasteiger partial charge in [-0.05, 0) is 25.0 Å². The van der Waals surface area contributed by atoms with Gasteiger partial charge in [-0.25, -0.2) is 0 Å². The molecule has 0 saturated heterocycles. The monoisotopic (exact) mass is 279 g/mol. The lowest BCUT2D eigenvalue weighted by atomic mass is 9.86. The van der Waals surface area contributed by atoms with E-state index in [1.165, 1.54) is 12.1 Å². The maximum absolute atomic E-state index is 12.0. The van der Waals surface area contributed by atoms with Crippen molar-refractivity contribution in [2.45, 2.75) is 25.7 Å². The van der Waals surface area contributed by atoms with Crippen LogP contribution in [0.5, 0.6) is 11.5 Å². The van der Waals surface area contributed by atoms with Crippen LogP contribution in [0.3, 0.4) is 0 Å². The summed E-state index contributed by atoms with van der Waals surface area (Å²) in [5.74, 6) is -1.92. The molecule has 1 aromatic carbocycles. The van der Waals surface area contributed by atoms with Gasteiger partial charge in [-0.3, -0.25) is 9.59 Å². The van der Waals surface area contributed by atoms with Gasteiger partial charge < -0.3 is 20.6 Å². The molecule has 6 heteroatoms. The molecule has 108 valence electrons. The highest BCUT2D eigenvalue weighted by molar-refractivity contribution is 5.97. The highest BCUT2D eigenvalue weighted by atomic mass is 16.4. The lowest BCUT2D eigenvalue weighted by Crippen LogP contribution is -2.41. The molecule has 0 atom stereocenters. The van der Waals surface area contributed by atoms with Crippen LogP contribution in [0.15, 0.2) is 18.2 Å². The van der Waals surface area contributed by atoms with Crippen molar-refractivity contribution in [1.29, 1.82) is 0 Å². The van der Waals surface area contributed by atoms with Crippen molar-refractivity contribution in [3.05, 3.63) is 23.8 Å². The molecule has 0 unspecified atom stereocenters. The van der Waals surface area contributed by atoms with Crippen LogP contribution >= 0.6 is 0 Å². The summed E-state index contributed by atoms with van der Waals surface area (Å²) in [4.78, 5) is 23.3. The Morgan fingerprint density at radius 2 is 1.85 bits per heavy atom. The van der Waals surface area contributed by atoms with Gasteiger partial charge in [0.1, 0.15) is 11.5 Å². The summed E-state index contributed by atoms with van der Waals surface area (Å²) in [6.07, 6.45) is 2.77. The quantitative estimate of drug-likeness (QED) is 0.667. The molecule has 4 N–H and O–H groups in total. The standard InChI is InChI=1S/C14H17NO5/c16-9-3-4-10(11(17)7-9)12(18)15-8-14(13(19)20)5-1-2-6-14/h3-4,7,16-17H,1-2,5-6,8H2,(H,15,18)(H,19,20). The summed E-state index contributed by atoms with van der Waals surface area (Å²) in [5, 5.41) is 30.6. The van der Waals surface area contributed by atoms with Crippen LogP contribution in [0.1, 0.15) is 36.0 Å². The summed E-state index contributed by atoms with van der Waals surface area (Å²) < 4.78 is 0. The van der Waals surface area contributed by atoms with Crippen LogP contribution in [0, 0.1) is 5.41 Å². The minimum absolute atomic E-state index is 0.0151. The minimum Gasteiger partial charge on any atom is -0.508 e. The maximum Gasteiger partial charge on any atom is 0.311 e. The second-order valence-corrected chi connectivity index (χ2v) is 5.18. The number of benzene rings is 1. The predicted octanol–water partition coefficient (Wildman–Crippen LogP) is 1.47. The van der Waals surface area contributed by atoms with E-state index in [1.54, 1.807) is 0 Å². The van der Waals surface area contributed by atoms with E-state index in [2.05, 4.69) is 5.32 Å². The van der Waals surface area contributed by atoms with Gasteiger partial charge in [0.15, 0.2) is 0 Å². The van der Waals surface area contributed by atoms with Crippen LogP contribution in [0.4, 0.5) is 0 Å². The Balaban J connectivity index is 2.06. The third kappa shape index (κ3) is 2.68. The Labute approximate surface area is 116 Å². The van der Waals surface area contributed by atoms with E-state index in [-0.39, 0.29) is 23.6 Å². The highest BCUT2D eigenvalue weighted by Crippen LogP contribution is 2.37. The van der Waals surface area contributed by atoms with Crippen LogP contribution < -0.4 is 5.32 Å². The van der Waals surface area contributed by atoms with Crippen LogP contribution in [0.2, 0.25) is 0 Å². The fourth-order valence-electron chi connectivity index (χ4n) is 2.57. The zero-order valence-electron chi connectivity index (χ0n) is 10.9. The van der Waals surface area contributed by atoms with E-state index < -0.39 is 17.3 Å². The Kier molecular flexibility index (Phi) is 3.83. The average Bonchev–Trinajstić information content (AvgIpc) is 2.86. The largest absolute Gasteiger partial charge is 0.508 e. The molecule has 0 heterocycles. The van der Waals surface area contributed by atoms with Gasteiger partial charge in [0.05, 0.1) is 11.0 Å². The first kappa shape index (κ1) is 14.2. The molecule has 1 saturated carbocycles. The molecular formula is C14H17NO5. The molecule has 0 aliphatic heterocycles. The summed E-state index contributed by atoms with van der Waals surface area (Å²) in [7, 11) is 0. The number of aromatic hydroxyl groups is 2. The van der Waals surface area contributed by atoms with Crippen molar-refractivity contribution in [3.8, 4) is 11.5 Å². The van der Waals surface area contributed by atoms with Gasteiger partial charge in [-0.15, -0.1) is 0 Å². The third-order valence-electron chi connectivity index (χ3n) is 3.83. The van der Waals surface area contributed by atoms with Crippen molar-refractivity contribution in [2.75, 3.05) is 6.54 Å². The molecule has 0 spiro atoms. The number of amides is 1. The molecule has 1 amide bonds. The second-order valence-electron chi connectivity index (χ2n) is 5.18. The zero-order chi connectivity index (χ0) is 14.8. The Morgan fingerprint density at radius 3 is 2.40 bits per heavy atom. The van der Waals surface area contributed by atoms with Crippen molar-refractivity contribution in [3.63, 3.8) is 0 Å². The molecule has 6 nitrogen and oxygen atoms in total. The second kappa shape index (κ2) is 5.40. The molecule has 1 aliphatic carbocycles. The number of carboxylic acids is 1. The fourth-order valence-corrected chi connectivity index (χ4v) is 2.57. The topological polar surface area (TPSA) is 107 Å². The van der Waals surface area contributed by atoms with Gasteiger partial charge in [0, 0.05) is 12.6 Å². The molecule has 1 aromatic rings. The molecule has 0 aromatic heterocycles. The van der Waals surface area contributed by atoms with Crippen molar-refractivity contribution in [2.24, 2.45) is 5.41 Å². The molecule has 0 bridgehead atoms. The van der Waals surface area contributed by atoms with Gasteiger partial charge >= 0.3 is 5.97 Å². The van der Waals surface area contributed by atoms with Crippen molar-refractivity contribution in [1.82, 2.24) is 5.32 Å². The SMILES string of the molecule is O=C(NCC1(C(=O)O)CCCC1)c1ccc(O)cc1O. The summed E-state index contributed by atoms with van der Waals surface area (Å²) in [5.41, 5.74) is -0.885. The molecule has 1 aliphatic rings. The number of carbonyl (C=O) groups is 2. The van der Waals surface area contributed by atoms with E-state index in [1.807, 2.05) is 0 Å². The Hall–Kier alpha value is -2.24. The van der Waals surface area contributed by atoms with Crippen LogP contribution in [-0.2, 0) is 4.79 Å². The third-order valence-corrected chi connectivity index (χ3v) is 3.83. The smallest absolute Gasteiger partial charge is 0.311 e. The van der Waals surface area contributed by atoms with E-state index >= 15 is 0 Å². The van der Waals surface area contributed by atoms with E-state index in [4.69, 9.17) is 5.11 Å². The molecule has 20 heavy (non-hydrogen) atoms. The summed E-state index contributed by atoms with van der Waals surface area (Å²) in [6, 6.07) is 3.65. The van der Waals surface area contributed by atoms with Gasteiger partial charge in [0.25, 0.3) is 5.91 Å². The molecule has 1 fully saturated rings. The molecule has 2 rings (SSSR count). The van der Waals surface area contributed by atoms with Gasteiger partial charge in [0.2, 0.25) is 0 Å². The van der Waals surface area contributed by atoms with Crippen molar-refractivity contribution >= 4 is 11.9 Å². The minimum atomic E-state index is -0.901. The maximum atomic E-state index is 12.0. The number of rotatable bonds is 4. The fraction of sp³-hybridized carbons (Fsp3) is 0.429. The predicted molar refractivity (Wildman–Crippen MR) is 70.6 cm³/mol. The lowest BCUT2D eigenvalue weighted by molar-refractivity contribution is -0.148. The first-order valence-corrected chi connectivity index (χ1v) is 6.48. The molecular weight excluding hydrogens is 262 g/mol. The normalized spacial score (nSPS) is 16.8. The van der Waals surface area contributed by atoms with Crippen molar-refractivity contribution < 1.29 is 24.9 Å². The van der Waals surface area contributed by atoms with Crippen LogP contribution in [-0.4, -0.2) is 33.7 Å². The zero-order valence-corrected chi connectivity index (χ0v) is 10.9. The Bertz CT molecular complexity index is 534. The Morgan fingerprint density at radius 1 is 1.20 bits per heavy atom. The highest BCUT2D eigenvalue weighted by Gasteiger charge is 2.41. The lowest BCUT2D eigenvalue weighted by Gasteiger charge is -2.24. The number of phenols is 2. The summed E-state index contributed by atoms with van der Waals surface area (Å²) >= 11 is 0. The van der Waals surface area contributed by atoms with E-state index in [0.717, 1.165) is 18.9 Å². The number of hydrogen-bond donors (Lipinski definition) is 4. The van der Waals surface area contributed by atoms with Gasteiger partial charge in [-0.1, -0.05) is 12.8 Å². The number of phenolic OH excluding ortho intramolecular Hbond substituents is 2. The molecule has 0 radical (unpaired) electrons.